The Morgan fingerprint density at radius 2 is 1.81 bits per heavy atom. The second kappa shape index (κ2) is 9.22. The third-order valence-corrected chi connectivity index (χ3v) is 6.00. The molecule has 0 bridgehead atoms. The Morgan fingerprint density at radius 1 is 1.13 bits per heavy atom. The number of nitrogens with one attached hydrogen (secondary N) is 2. The van der Waals surface area contributed by atoms with Crippen molar-refractivity contribution in [1.82, 2.24) is 25.1 Å². The SMILES string of the molecule is CNC(=O)[C@@H](NC(=O)c1nc(C(C)c2ccccc2)n2c1CN(C)CCC2)C(C)(C)C. The van der Waals surface area contributed by atoms with Gasteiger partial charge in [0, 0.05) is 26.1 Å². The van der Waals surface area contributed by atoms with Crippen molar-refractivity contribution in [2.75, 3.05) is 20.6 Å². The van der Waals surface area contributed by atoms with Gasteiger partial charge in [-0.2, -0.15) is 0 Å². The summed E-state index contributed by atoms with van der Waals surface area (Å²) in [6.07, 6.45) is 0.998. The van der Waals surface area contributed by atoms with Crippen LogP contribution >= 0.6 is 0 Å². The van der Waals surface area contributed by atoms with Crippen LogP contribution in [-0.2, 0) is 17.9 Å². The molecule has 2 N–H and O–H groups in total. The van der Waals surface area contributed by atoms with Crippen LogP contribution in [0.25, 0.3) is 0 Å². The van der Waals surface area contributed by atoms with Crippen molar-refractivity contribution in [3.05, 3.63) is 53.1 Å². The molecule has 3 rings (SSSR count). The van der Waals surface area contributed by atoms with E-state index in [4.69, 9.17) is 4.98 Å². The first-order chi connectivity index (χ1) is 14.6. The quantitative estimate of drug-likeness (QED) is 0.772. The number of fused-ring (bicyclic) bond motifs is 1. The zero-order valence-electron chi connectivity index (χ0n) is 19.5. The smallest absolute Gasteiger partial charge is 0.272 e. The van der Waals surface area contributed by atoms with Crippen molar-refractivity contribution in [3.63, 3.8) is 0 Å². The van der Waals surface area contributed by atoms with Crippen molar-refractivity contribution < 1.29 is 9.59 Å². The molecule has 0 saturated heterocycles. The van der Waals surface area contributed by atoms with Crippen molar-refractivity contribution in [3.8, 4) is 0 Å². The van der Waals surface area contributed by atoms with Crippen LogP contribution < -0.4 is 10.6 Å². The molecule has 7 nitrogen and oxygen atoms in total. The van der Waals surface area contributed by atoms with E-state index >= 15 is 0 Å². The van der Waals surface area contributed by atoms with Crippen LogP contribution in [0, 0.1) is 5.41 Å². The van der Waals surface area contributed by atoms with E-state index in [1.807, 2.05) is 39.0 Å². The topological polar surface area (TPSA) is 79.3 Å². The third-order valence-electron chi connectivity index (χ3n) is 6.00. The maximum Gasteiger partial charge on any atom is 0.272 e. The molecule has 0 saturated carbocycles. The Hall–Kier alpha value is -2.67. The number of nitrogens with zero attached hydrogens (tertiary/aromatic N) is 3. The van der Waals surface area contributed by atoms with Crippen molar-refractivity contribution >= 4 is 11.8 Å². The highest BCUT2D eigenvalue weighted by molar-refractivity contribution is 5.97. The summed E-state index contributed by atoms with van der Waals surface area (Å²) >= 11 is 0. The Labute approximate surface area is 185 Å². The normalized spacial score (nSPS) is 16.7. The standard InChI is InChI=1S/C24H35N5O2/c1-16(17-11-8-7-9-12-17)21-26-19(18-15-28(6)13-10-14-29(18)21)22(30)27-20(23(31)25-5)24(2,3)4/h7-9,11-12,16,20H,10,13-15H2,1-6H3,(H,25,31)(H,27,30)/t16?,20-/m1/s1. The molecule has 1 unspecified atom stereocenters. The van der Waals surface area contributed by atoms with Gasteiger partial charge in [-0.15, -0.1) is 0 Å². The fourth-order valence-electron chi connectivity index (χ4n) is 4.17. The lowest BCUT2D eigenvalue weighted by atomic mass is 9.86. The van der Waals surface area contributed by atoms with E-state index in [1.165, 1.54) is 0 Å². The lowest BCUT2D eigenvalue weighted by Gasteiger charge is -2.29. The van der Waals surface area contributed by atoms with Crippen molar-refractivity contribution in [2.24, 2.45) is 5.41 Å². The molecular weight excluding hydrogens is 390 g/mol. The first-order valence-electron chi connectivity index (χ1n) is 11.0. The van der Waals surface area contributed by atoms with Gasteiger partial charge in [-0.05, 0) is 31.0 Å². The summed E-state index contributed by atoms with van der Waals surface area (Å²) in [6.45, 7) is 10.4. The summed E-state index contributed by atoms with van der Waals surface area (Å²) in [5, 5.41) is 5.62. The number of carbonyl (C=O) groups excluding carboxylic acids is 2. The number of amides is 2. The number of hydrogen-bond acceptors (Lipinski definition) is 4. The van der Waals surface area contributed by atoms with Gasteiger partial charge in [0.1, 0.15) is 11.9 Å². The molecule has 1 aromatic heterocycles. The van der Waals surface area contributed by atoms with E-state index in [9.17, 15) is 9.59 Å². The van der Waals surface area contributed by atoms with Crippen LogP contribution in [0.1, 0.15) is 67.6 Å². The number of imidazole rings is 1. The second-order valence-electron chi connectivity index (χ2n) is 9.53. The molecule has 1 aromatic carbocycles. The van der Waals surface area contributed by atoms with Gasteiger partial charge in [0.25, 0.3) is 5.91 Å². The van der Waals surface area contributed by atoms with Gasteiger partial charge < -0.3 is 20.1 Å². The maximum atomic E-state index is 13.4. The minimum Gasteiger partial charge on any atom is -0.357 e. The van der Waals surface area contributed by atoms with E-state index in [1.54, 1.807) is 7.05 Å². The predicted octanol–water partition coefficient (Wildman–Crippen LogP) is 2.76. The first kappa shape index (κ1) is 23.0. The van der Waals surface area contributed by atoms with E-state index < -0.39 is 11.5 Å². The van der Waals surface area contributed by atoms with Gasteiger partial charge in [0.2, 0.25) is 5.91 Å². The number of benzene rings is 1. The highest BCUT2D eigenvalue weighted by Gasteiger charge is 2.35. The van der Waals surface area contributed by atoms with Gasteiger partial charge in [-0.25, -0.2) is 4.98 Å². The first-order valence-corrected chi connectivity index (χ1v) is 11.0. The van der Waals surface area contributed by atoms with E-state index in [0.717, 1.165) is 36.6 Å². The molecule has 0 aliphatic carbocycles. The lowest BCUT2D eigenvalue weighted by molar-refractivity contribution is -0.124. The zero-order chi connectivity index (χ0) is 22.8. The lowest BCUT2D eigenvalue weighted by Crippen LogP contribution is -2.53. The molecule has 0 fully saturated rings. The van der Waals surface area contributed by atoms with Gasteiger partial charge in [0.15, 0.2) is 5.69 Å². The van der Waals surface area contributed by atoms with Gasteiger partial charge >= 0.3 is 0 Å². The summed E-state index contributed by atoms with van der Waals surface area (Å²) < 4.78 is 2.21. The van der Waals surface area contributed by atoms with Crippen molar-refractivity contribution in [1.29, 1.82) is 0 Å². The molecule has 2 aromatic rings. The van der Waals surface area contributed by atoms with Crippen LogP contribution in [-0.4, -0.2) is 52.9 Å². The molecule has 1 aliphatic rings. The van der Waals surface area contributed by atoms with Crippen LogP contribution in [0.3, 0.4) is 0 Å². The van der Waals surface area contributed by atoms with Crippen LogP contribution in [0.4, 0.5) is 0 Å². The van der Waals surface area contributed by atoms with Gasteiger partial charge in [-0.1, -0.05) is 58.0 Å². The van der Waals surface area contributed by atoms with Gasteiger partial charge in [-0.3, -0.25) is 9.59 Å². The van der Waals surface area contributed by atoms with Crippen molar-refractivity contribution in [2.45, 2.75) is 59.2 Å². The molecular formula is C24H35N5O2. The number of likely N-dealkylation sites (N-methyl/N-ethyl adjacent to an activating group) is 1. The molecule has 2 heterocycles. The molecule has 168 valence electrons. The Balaban J connectivity index is 2.02. The minimum absolute atomic E-state index is 0.0576. The summed E-state index contributed by atoms with van der Waals surface area (Å²) in [5.41, 5.74) is 2.07. The molecule has 0 spiro atoms. The molecule has 31 heavy (non-hydrogen) atoms. The Bertz CT molecular complexity index is 929. The number of rotatable bonds is 5. The van der Waals surface area contributed by atoms with Crippen LogP contribution in [0.5, 0.6) is 0 Å². The van der Waals surface area contributed by atoms with Crippen LogP contribution in [0.2, 0.25) is 0 Å². The maximum absolute atomic E-state index is 13.4. The Morgan fingerprint density at radius 3 is 2.42 bits per heavy atom. The molecule has 0 radical (unpaired) electrons. The Kier molecular flexibility index (Phi) is 6.84. The van der Waals surface area contributed by atoms with E-state index in [0.29, 0.717) is 12.2 Å². The summed E-state index contributed by atoms with van der Waals surface area (Å²) in [4.78, 5) is 32.9. The zero-order valence-corrected chi connectivity index (χ0v) is 19.5. The molecule has 1 aliphatic heterocycles. The molecule has 2 atom stereocenters. The second-order valence-corrected chi connectivity index (χ2v) is 9.53. The predicted molar refractivity (Wildman–Crippen MR) is 122 cm³/mol. The van der Waals surface area contributed by atoms with Crippen LogP contribution in [0.15, 0.2) is 30.3 Å². The fourth-order valence-corrected chi connectivity index (χ4v) is 4.17. The third kappa shape index (κ3) is 4.98. The monoisotopic (exact) mass is 425 g/mol. The van der Waals surface area contributed by atoms with E-state index in [2.05, 4.69) is 46.2 Å². The summed E-state index contributed by atoms with van der Waals surface area (Å²) in [7, 11) is 3.65. The largest absolute Gasteiger partial charge is 0.357 e. The highest BCUT2D eigenvalue weighted by atomic mass is 16.2. The number of hydrogen-bond donors (Lipinski definition) is 2. The number of carbonyl (C=O) groups is 2. The summed E-state index contributed by atoms with van der Waals surface area (Å²) in [5.74, 6) is 0.450. The summed E-state index contributed by atoms with van der Waals surface area (Å²) in [6, 6.07) is 9.59. The highest BCUT2D eigenvalue weighted by Crippen LogP contribution is 2.28. The van der Waals surface area contributed by atoms with Gasteiger partial charge in [0.05, 0.1) is 5.69 Å². The van der Waals surface area contributed by atoms with E-state index in [-0.39, 0.29) is 17.7 Å². The molecule has 2 amide bonds. The average molecular weight is 426 g/mol. The average Bonchev–Trinajstić information content (AvgIpc) is 2.97. The molecule has 7 heteroatoms. The number of aromatic nitrogens is 2. The minimum atomic E-state index is -0.652. The fraction of sp³-hybridized carbons (Fsp3) is 0.542.